The summed E-state index contributed by atoms with van der Waals surface area (Å²) in [4.78, 5) is 16.0. The zero-order valence-electron chi connectivity index (χ0n) is 19.7. The van der Waals surface area contributed by atoms with Crippen LogP contribution in [-0.4, -0.2) is 63.1 Å². The number of aromatic nitrogens is 3. The van der Waals surface area contributed by atoms with Gasteiger partial charge in [-0.2, -0.15) is 13.2 Å². The molecule has 3 aromatic rings. The average Bonchev–Trinajstić information content (AvgIpc) is 3.17. The minimum Gasteiger partial charge on any atom is -0.367 e. The SMILES string of the molecule is Cc1cc2c(C)c(CN3CCC(Nc4ncnc5c4CCN(CC(F)(F)F)C5)CC3)ccc2[nH]1. The van der Waals surface area contributed by atoms with Crippen LogP contribution in [0.4, 0.5) is 19.0 Å². The number of nitrogens with zero attached hydrogens (tertiary/aromatic N) is 4. The Hall–Kier alpha value is -2.65. The zero-order chi connectivity index (χ0) is 23.9. The summed E-state index contributed by atoms with van der Waals surface area (Å²) >= 11 is 0. The van der Waals surface area contributed by atoms with E-state index in [1.165, 1.54) is 39.0 Å². The third-order valence-corrected chi connectivity index (χ3v) is 7.13. The Morgan fingerprint density at radius 1 is 1.09 bits per heavy atom. The maximum Gasteiger partial charge on any atom is 0.401 e. The molecule has 0 bridgehead atoms. The minimum atomic E-state index is -4.19. The number of aryl methyl sites for hydroxylation is 2. The molecule has 0 atom stereocenters. The topological polar surface area (TPSA) is 60.1 Å². The van der Waals surface area contributed by atoms with Gasteiger partial charge in [0.1, 0.15) is 12.1 Å². The molecule has 0 saturated carbocycles. The second-order valence-electron chi connectivity index (χ2n) is 9.68. The van der Waals surface area contributed by atoms with E-state index in [1.54, 1.807) is 0 Å². The summed E-state index contributed by atoms with van der Waals surface area (Å²) in [6.07, 6.45) is -0.180. The molecule has 2 aromatic heterocycles. The van der Waals surface area contributed by atoms with Gasteiger partial charge in [-0.15, -0.1) is 0 Å². The van der Waals surface area contributed by atoms with Crippen molar-refractivity contribution in [1.82, 2.24) is 24.8 Å². The number of rotatable bonds is 5. The Morgan fingerprint density at radius 3 is 2.65 bits per heavy atom. The van der Waals surface area contributed by atoms with E-state index in [0.717, 1.165) is 43.9 Å². The summed E-state index contributed by atoms with van der Waals surface area (Å²) in [5, 5.41) is 4.87. The van der Waals surface area contributed by atoms with E-state index in [-0.39, 0.29) is 6.54 Å². The number of H-pyrrole nitrogens is 1. The van der Waals surface area contributed by atoms with Crippen LogP contribution in [0.2, 0.25) is 0 Å². The second kappa shape index (κ2) is 9.19. The molecule has 5 rings (SSSR count). The molecule has 1 fully saturated rings. The predicted molar refractivity (Wildman–Crippen MR) is 127 cm³/mol. The van der Waals surface area contributed by atoms with Gasteiger partial charge in [0, 0.05) is 60.9 Å². The van der Waals surface area contributed by atoms with E-state index in [2.05, 4.69) is 57.2 Å². The lowest BCUT2D eigenvalue weighted by Gasteiger charge is -2.34. The van der Waals surface area contributed by atoms with Gasteiger partial charge in [-0.25, -0.2) is 9.97 Å². The summed E-state index contributed by atoms with van der Waals surface area (Å²) in [6, 6.07) is 6.93. The number of hydrogen-bond acceptors (Lipinski definition) is 5. The van der Waals surface area contributed by atoms with E-state index < -0.39 is 12.7 Å². The summed E-state index contributed by atoms with van der Waals surface area (Å²) < 4.78 is 38.3. The fourth-order valence-electron chi connectivity index (χ4n) is 5.30. The van der Waals surface area contributed by atoms with Crippen LogP contribution < -0.4 is 5.32 Å². The molecule has 34 heavy (non-hydrogen) atoms. The normalized spacial score (nSPS) is 18.4. The Bertz CT molecular complexity index is 1160. The molecule has 0 unspecified atom stereocenters. The van der Waals surface area contributed by atoms with Crippen LogP contribution >= 0.6 is 0 Å². The van der Waals surface area contributed by atoms with Crippen LogP contribution in [0.25, 0.3) is 10.9 Å². The Labute approximate surface area is 197 Å². The molecule has 0 aliphatic carbocycles. The summed E-state index contributed by atoms with van der Waals surface area (Å²) in [5.74, 6) is 0.791. The fourth-order valence-corrected chi connectivity index (χ4v) is 5.30. The van der Waals surface area contributed by atoms with Gasteiger partial charge >= 0.3 is 6.18 Å². The number of fused-ring (bicyclic) bond motifs is 2. The van der Waals surface area contributed by atoms with Gasteiger partial charge in [0.2, 0.25) is 0 Å². The monoisotopic (exact) mass is 472 g/mol. The molecule has 9 heteroatoms. The largest absolute Gasteiger partial charge is 0.401 e. The van der Waals surface area contributed by atoms with E-state index in [0.29, 0.717) is 24.7 Å². The Balaban J connectivity index is 1.18. The molecule has 2 N–H and O–H groups in total. The van der Waals surface area contributed by atoms with E-state index in [4.69, 9.17) is 0 Å². The number of alkyl halides is 3. The van der Waals surface area contributed by atoms with Crippen molar-refractivity contribution in [3.05, 3.63) is 52.6 Å². The summed E-state index contributed by atoms with van der Waals surface area (Å²) in [7, 11) is 0. The molecule has 1 aromatic carbocycles. The standard InChI is InChI=1S/C25H31F3N6/c1-16-11-21-17(2)18(3-4-22(21)31-16)12-33-8-5-19(6-9-33)32-24-20-7-10-34(14-25(26,27)28)13-23(20)29-15-30-24/h3-4,11,15,19,31H,5-10,12-14H2,1-2H3,(H,29,30,32). The van der Waals surface area contributed by atoms with Gasteiger partial charge < -0.3 is 10.3 Å². The lowest BCUT2D eigenvalue weighted by atomic mass is 10.00. The predicted octanol–water partition coefficient (Wildman–Crippen LogP) is 4.57. The molecule has 1 saturated heterocycles. The number of nitrogens with one attached hydrogen (secondary N) is 2. The maximum atomic E-state index is 12.8. The van der Waals surface area contributed by atoms with Gasteiger partial charge in [0.25, 0.3) is 0 Å². The molecule has 0 radical (unpaired) electrons. The van der Waals surface area contributed by atoms with Crippen molar-refractivity contribution in [3.63, 3.8) is 0 Å². The lowest BCUT2D eigenvalue weighted by Crippen LogP contribution is -2.40. The third-order valence-electron chi connectivity index (χ3n) is 7.13. The molecule has 182 valence electrons. The first-order valence-electron chi connectivity index (χ1n) is 11.9. The van der Waals surface area contributed by atoms with Crippen molar-refractivity contribution in [2.75, 3.05) is 31.5 Å². The van der Waals surface area contributed by atoms with Crippen LogP contribution in [0.1, 0.15) is 40.9 Å². The smallest absolute Gasteiger partial charge is 0.367 e. The van der Waals surface area contributed by atoms with Gasteiger partial charge in [0.05, 0.1) is 12.2 Å². The van der Waals surface area contributed by atoms with E-state index in [1.807, 2.05) is 0 Å². The van der Waals surface area contributed by atoms with Crippen molar-refractivity contribution in [1.29, 1.82) is 0 Å². The number of hydrogen-bond donors (Lipinski definition) is 2. The quantitative estimate of drug-likeness (QED) is 0.570. The molecule has 2 aliphatic heterocycles. The summed E-state index contributed by atoms with van der Waals surface area (Å²) in [6.45, 7) is 6.91. The van der Waals surface area contributed by atoms with Crippen LogP contribution in [0.15, 0.2) is 24.5 Å². The Kier molecular flexibility index (Phi) is 6.24. The highest BCUT2D eigenvalue weighted by Gasteiger charge is 2.33. The zero-order valence-corrected chi connectivity index (χ0v) is 19.7. The van der Waals surface area contributed by atoms with E-state index in [9.17, 15) is 13.2 Å². The number of anilines is 1. The first kappa shape index (κ1) is 23.1. The van der Waals surface area contributed by atoms with Crippen molar-refractivity contribution in [3.8, 4) is 0 Å². The average molecular weight is 473 g/mol. The van der Waals surface area contributed by atoms with Crippen LogP contribution in [0, 0.1) is 13.8 Å². The highest BCUT2D eigenvalue weighted by atomic mass is 19.4. The Morgan fingerprint density at radius 2 is 1.88 bits per heavy atom. The number of likely N-dealkylation sites (tertiary alicyclic amines) is 1. The van der Waals surface area contributed by atoms with Crippen molar-refractivity contribution in [2.24, 2.45) is 0 Å². The highest BCUT2D eigenvalue weighted by molar-refractivity contribution is 5.84. The van der Waals surface area contributed by atoms with Gasteiger partial charge in [-0.05, 0) is 56.4 Å². The summed E-state index contributed by atoms with van der Waals surface area (Å²) in [5.41, 5.74) is 6.75. The van der Waals surface area contributed by atoms with Gasteiger partial charge in [0.15, 0.2) is 0 Å². The van der Waals surface area contributed by atoms with Crippen molar-refractivity contribution >= 4 is 16.7 Å². The maximum absolute atomic E-state index is 12.8. The third kappa shape index (κ3) is 5.05. The number of halogens is 3. The molecular weight excluding hydrogens is 441 g/mol. The highest BCUT2D eigenvalue weighted by Crippen LogP contribution is 2.28. The molecule has 2 aliphatic rings. The first-order valence-corrected chi connectivity index (χ1v) is 11.9. The molecule has 4 heterocycles. The van der Waals surface area contributed by atoms with Gasteiger partial charge in [-0.3, -0.25) is 9.80 Å². The van der Waals surface area contributed by atoms with Crippen LogP contribution in [0.3, 0.4) is 0 Å². The first-order chi connectivity index (χ1) is 16.2. The second-order valence-corrected chi connectivity index (χ2v) is 9.68. The van der Waals surface area contributed by atoms with Gasteiger partial charge in [-0.1, -0.05) is 6.07 Å². The molecule has 0 amide bonds. The molecule has 0 spiro atoms. The molecule has 6 nitrogen and oxygen atoms in total. The number of piperidine rings is 1. The van der Waals surface area contributed by atoms with Crippen molar-refractivity contribution < 1.29 is 13.2 Å². The minimum absolute atomic E-state index is 0.217. The van der Waals surface area contributed by atoms with Crippen LogP contribution in [0.5, 0.6) is 0 Å². The van der Waals surface area contributed by atoms with Crippen LogP contribution in [-0.2, 0) is 19.5 Å². The number of benzene rings is 1. The van der Waals surface area contributed by atoms with Crippen molar-refractivity contribution in [2.45, 2.75) is 58.4 Å². The molecular formula is C25H31F3N6. The fraction of sp³-hybridized carbons (Fsp3) is 0.520. The lowest BCUT2D eigenvalue weighted by molar-refractivity contribution is -0.147. The van der Waals surface area contributed by atoms with E-state index >= 15 is 0 Å². The number of aromatic amines is 1.